The van der Waals surface area contributed by atoms with Crippen LogP contribution < -0.4 is 5.32 Å². The molecule has 13 heavy (non-hydrogen) atoms. The van der Waals surface area contributed by atoms with Gasteiger partial charge in [-0.25, -0.2) is 0 Å². The van der Waals surface area contributed by atoms with E-state index in [0.717, 1.165) is 0 Å². The van der Waals surface area contributed by atoms with Gasteiger partial charge in [0.15, 0.2) is 5.82 Å². The first-order chi connectivity index (χ1) is 5.54. The summed E-state index contributed by atoms with van der Waals surface area (Å²) in [5, 5.41) is 5.70. The highest BCUT2D eigenvalue weighted by Crippen LogP contribution is 2.27. The van der Waals surface area contributed by atoms with E-state index in [9.17, 15) is 13.2 Å². The average molecular weight is 218 g/mol. The summed E-state index contributed by atoms with van der Waals surface area (Å²) in [6.07, 6.45) is -4.56. The highest BCUT2D eigenvalue weighted by Gasteiger charge is 2.38. The second-order valence-corrected chi connectivity index (χ2v) is 2.04. The molecule has 0 spiro atoms. The Morgan fingerprint density at radius 3 is 2.46 bits per heavy atom. The predicted octanol–water partition coefficient (Wildman–Crippen LogP) is 1.23. The summed E-state index contributed by atoms with van der Waals surface area (Å²) in [6, 6.07) is 0. The van der Waals surface area contributed by atoms with Crippen molar-refractivity contribution in [2.45, 2.75) is 12.7 Å². The molecule has 76 valence electrons. The molecule has 0 saturated carbocycles. The predicted molar refractivity (Wildman–Crippen MR) is 39.3 cm³/mol. The van der Waals surface area contributed by atoms with Crippen molar-refractivity contribution >= 4 is 12.4 Å². The number of nitrogens with zero attached hydrogens (tertiary/aromatic N) is 2. The van der Waals surface area contributed by atoms with Crippen LogP contribution in [0.3, 0.4) is 0 Å². The van der Waals surface area contributed by atoms with E-state index in [4.69, 9.17) is 0 Å². The third-order valence-electron chi connectivity index (χ3n) is 1.05. The van der Waals surface area contributed by atoms with Crippen LogP contribution in [0.2, 0.25) is 0 Å². The molecular weight excluding hydrogens is 211 g/mol. The van der Waals surface area contributed by atoms with Gasteiger partial charge < -0.3 is 9.84 Å². The number of hydrogen-bond acceptors (Lipinski definition) is 4. The van der Waals surface area contributed by atoms with Crippen molar-refractivity contribution in [3.63, 3.8) is 0 Å². The molecule has 0 amide bonds. The minimum absolute atomic E-state index is 0. The highest BCUT2D eigenvalue weighted by atomic mass is 35.5. The van der Waals surface area contributed by atoms with Gasteiger partial charge in [0, 0.05) is 0 Å². The third kappa shape index (κ3) is 3.19. The molecular formula is C5H7ClF3N3O. The van der Waals surface area contributed by atoms with Crippen molar-refractivity contribution in [3.8, 4) is 0 Å². The fraction of sp³-hybridized carbons (Fsp3) is 0.600. The maximum Gasteiger partial charge on any atom is 0.471 e. The third-order valence-corrected chi connectivity index (χ3v) is 1.05. The number of alkyl halides is 3. The lowest BCUT2D eigenvalue weighted by atomic mass is 10.6. The minimum Gasteiger partial charge on any atom is -0.329 e. The Kier molecular flexibility index (Phi) is 4.15. The fourth-order valence-corrected chi connectivity index (χ4v) is 0.599. The number of aromatic nitrogens is 2. The molecule has 1 aromatic rings. The van der Waals surface area contributed by atoms with E-state index in [-0.39, 0.29) is 24.8 Å². The first-order valence-corrected chi connectivity index (χ1v) is 3.08. The van der Waals surface area contributed by atoms with Gasteiger partial charge in [-0.2, -0.15) is 18.2 Å². The maximum atomic E-state index is 11.8. The van der Waals surface area contributed by atoms with Crippen molar-refractivity contribution in [2.75, 3.05) is 7.05 Å². The van der Waals surface area contributed by atoms with Crippen LogP contribution >= 0.6 is 12.4 Å². The molecule has 8 heteroatoms. The summed E-state index contributed by atoms with van der Waals surface area (Å²) < 4.78 is 39.4. The molecule has 1 N–H and O–H groups in total. The molecule has 0 fully saturated rings. The van der Waals surface area contributed by atoms with Gasteiger partial charge in [-0.3, -0.25) is 0 Å². The highest BCUT2D eigenvalue weighted by molar-refractivity contribution is 5.85. The normalized spacial score (nSPS) is 11.1. The molecule has 0 aliphatic heterocycles. The SMILES string of the molecule is CNCc1noc(C(F)(F)F)n1.Cl. The second-order valence-electron chi connectivity index (χ2n) is 2.04. The molecule has 0 saturated heterocycles. The van der Waals surface area contributed by atoms with Crippen LogP contribution in [-0.4, -0.2) is 17.2 Å². The largest absolute Gasteiger partial charge is 0.471 e. The zero-order valence-electron chi connectivity index (χ0n) is 6.55. The summed E-state index contributed by atoms with van der Waals surface area (Å²) in [7, 11) is 1.57. The number of nitrogens with one attached hydrogen (secondary N) is 1. The molecule has 0 atom stereocenters. The van der Waals surface area contributed by atoms with Gasteiger partial charge in [0.1, 0.15) is 0 Å². The molecule has 1 aromatic heterocycles. The van der Waals surface area contributed by atoms with Crippen LogP contribution in [0.5, 0.6) is 0 Å². The first kappa shape index (κ1) is 12.2. The Bertz CT molecular complexity index is 262. The van der Waals surface area contributed by atoms with E-state index in [1.807, 2.05) is 0 Å². The van der Waals surface area contributed by atoms with Gasteiger partial charge in [0.05, 0.1) is 6.54 Å². The Morgan fingerprint density at radius 1 is 1.46 bits per heavy atom. The van der Waals surface area contributed by atoms with Crippen LogP contribution in [0.1, 0.15) is 11.7 Å². The van der Waals surface area contributed by atoms with Crippen molar-refractivity contribution < 1.29 is 17.7 Å². The molecule has 0 unspecified atom stereocenters. The van der Waals surface area contributed by atoms with E-state index < -0.39 is 12.1 Å². The molecule has 0 radical (unpaired) electrons. The quantitative estimate of drug-likeness (QED) is 0.810. The monoisotopic (exact) mass is 217 g/mol. The van der Waals surface area contributed by atoms with Gasteiger partial charge in [0.2, 0.25) is 0 Å². The molecule has 0 aliphatic carbocycles. The second kappa shape index (κ2) is 4.43. The smallest absolute Gasteiger partial charge is 0.329 e. The topological polar surface area (TPSA) is 51.0 Å². The van der Waals surface area contributed by atoms with Crippen LogP contribution in [0, 0.1) is 0 Å². The Morgan fingerprint density at radius 2 is 2.08 bits per heavy atom. The Labute approximate surface area is 77.9 Å². The van der Waals surface area contributed by atoms with Gasteiger partial charge >= 0.3 is 12.1 Å². The average Bonchev–Trinajstić information content (AvgIpc) is 2.35. The number of rotatable bonds is 2. The first-order valence-electron chi connectivity index (χ1n) is 3.08. The molecule has 0 aromatic carbocycles. The zero-order valence-corrected chi connectivity index (χ0v) is 7.37. The Hall–Kier alpha value is -0.820. The van der Waals surface area contributed by atoms with Crippen LogP contribution in [0.15, 0.2) is 4.52 Å². The van der Waals surface area contributed by atoms with E-state index >= 15 is 0 Å². The van der Waals surface area contributed by atoms with Gasteiger partial charge in [-0.05, 0) is 7.05 Å². The Balaban J connectivity index is 0.00000144. The van der Waals surface area contributed by atoms with Gasteiger partial charge in [0.25, 0.3) is 0 Å². The standard InChI is InChI=1S/C5H6F3N3O.ClH/c1-9-2-3-10-4(12-11-3)5(6,7)8;/h9H,2H2,1H3;1H. The van der Waals surface area contributed by atoms with Crippen LogP contribution in [0.25, 0.3) is 0 Å². The maximum absolute atomic E-state index is 11.8. The molecule has 1 rings (SSSR count). The lowest BCUT2D eigenvalue weighted by Crippen LogP contribution is -2.08. The van der Waals surface area contributed by atoms with Crippen molar-refractivity contribution in [3.05, 3.63) is 11.7 Å². The lowest BCUT2D eigenvalue weighted by Gasteiger charge is -1.95. The van der Waals surface area contributed by atoms with Gasteiger partial charge in [-0.15, -0.1) is 12.4 Å². The van der Waals surface area contributed by atoms with E-state index in [1.165, 1.54) is 0 Å². The zero-order chi connectivity index (χ0) is 9.19. The van der Waals surface area contributed by atoms with E-state index in [1.54, 1.807) is 7.05 Å². The summed E-state index contributed by atoms with van der Waals surface area (Å²) >= 11 is 0. The van der Waals surface area contributed by atoms with Crippen molar-refractivity contribution in [1.29, 1.82) is 0 Å². The molecule has 0 bridgehead atoms. The fourth-order valence-electron chi connectivity index (χ4n) is 0.599. The summed E-state index contributed by atoms with van der Waals surface area (Å²) in [5.74, 6) is -1.32. The number of hydrogen-bond donors (Lipinski definition) is 1. The van der Waals surface area contributed by atoms with Crippen LogP contribution in [-0.2, 0) is 12.7 Å². The minimum atomic E-state index is -4.56. The van der Waals surface area contributed by atoms with Crippen molar-refractivity contribution in [2.24, 2.45) is 0 Å². The summed E-state index contributed by atoms with van der Waals surface area (Å²) in [5.41, 5.74) is 0. The summed E-state index contributed by atoms with van der Waals surface area (Å²) in [6.45, 7) is 0.152. The van der Waals surface area contributed by atoms with Gasteiger partial charge in [-0.1, -0.05) is 5.16 Å². The van der Waals surface area contributed by atoms with E-state index in [0.29, 0.717) is 0 Å². The lowest BCUT2D eigenvalue weighted by molar-refractivity contribution is -0.159. The van der Waals surface area contributed by atoms with E-state index in [2.05, 4.69) is 20.0 Å². The van der Waals surface area contributed by atoms with Crippen molar-refractivity contribution in [1.82, 2.24) is 15.5 Å². The molecule has 0 aliphatic rings. The number of halogens is 4. The molecule has 1 heterocycles. The van der Waals surface area contributed by atoms with Crippen LogP contribution in [0.4, 0.5) is 13.2 Å². The molecule has 4 nitrogen and oxygen atoms in total. The summed E-state index contributed by atoms with van der Waals surface area (Å²) in [4.78, 5) is 3.11.